The Morgan fingerprint density at radius 3 is 1.51 bits per heavy atom. The molecule has 0 aromatic rings. The molecule has 0 aromatic heterocycles. The number of rotatable bonds is 30. The molecule has 3 N–H and O–H groups in total. The van der Waals surface area contributed by atoms with E-state index in [4.69, 9.17) is 19.1 Å². The van der Waals surface area contributed by atoms with E-state index in [9.17, 15) is 24.2 Å². The lowest BCUT2D eigenvalue weighted by Gasteiger charge is -2.20. The van der Waals surface area contributed by atoms with Gasteiger partial charge >= 0.3 is 19.8 Å². The highest BCUT2D eigenvalue weighted by Gasteiger charge is 2.27. The summed E-state index contributed by atoms with van der Waals surface area (Å²) >= 11 is 0. The minimum Gasteiger partial charge on any atom is -0.462 e. The van der Waals surface area contributed by atoms with Gasteiger partial charge in [-0.25, -0.2) is 4.57 Å². The number of aliphatic hydroxyl groups is 2. The van der Waals surface area contributed by atoms with Gasteiger partial charge in [-0.05, 0) is 12.8 Å². The Labute approximate surface area is 248 Å². The van der Waals surface area contributed by atoms with Crippen molar-refractivity contribution in [1.29, 1.82) is 0 Å². The summed E-state index contributed by atoms with van der Waals surface area (Å²) in [5.74, 6) is -0.928. The Morgan fingerprint density at radius 2 is 1.05 bits per heavy atom. The lowest BCUT2D eigenvalue weighted by molar-refractivity contribution is -0.161. The molecule has 3 atom stereocenters. The minimum atomic E-state index is -4.59. The molecule has 0 fully saturated rings. The first-order valence-electron chi connectivity index (χ1n) is 16.0. The fraction of sp³-hybridized carbons (Fsp3) is 0.933. The van der Waals surface area contributed by atoms with E-state index in [0.717, 1.165) is 38.5 Å². The maximum Gasteiger partial charge on any atom is 0.472 e. The lowest BCUT2D eigenvalue weighted by atomic mass is 10.1. The van der Waals surface area contributed by atoms with Crippen molar-refractivity contribution in [1.82, 2.24) is 0 Å². The highest BCUT2D eigenvalue weighted by molar-refractivity contribution is 7.47. The summed E-state index contributed by atoms with van der Waals surface area (Å²) < 4.78 is 32.3. The third kappa shape index (κ3) is 27.5. The summed E-state index contributed by atoms with van der Waals surface area (Å²) in [6.07, 6.45) is 18.1. The lowest BCUT2D eigenvalue weighted by Crippen LogP contribution is -2.29. The number of esters is 2. The third-order valence-corrected chi connectivity index (χ3v) is 7.71. The zero-order valence-corrected chi connectivity index (χ0v) is 26.7. The number of ether oxygens (including phenoxy) is 2. The number of carbonyl (C=O) groups excluding carboxylic acids is 2. The Kier molecular flexibility index (Phi) is 27.1. The van der Waals surface area contributed by atoms with Gasteiger partial charge in [-0.15, -0.1) is 0 Å². The number of hydrogen-bond acceptors (Lipinski definition) is 9. The minimum absolute atomic E-state index is 0.190. The predicted octanol–water partition coefficient (Wildman–Crippen LogP) is 6.77. The first-order chi connectivity index (χ1) is 19.7. The summed E-state index contributed by atoms with van der Waals surface area (Å²) in [6, 6.07) is 0. The van der Waals surface area contributed by atoms with Crippen LogP contribution in [0.3, 0.4) is 0 Å². The number of unbranched alkanes of at least 4 members (excludes halogenated alkanes) is 16. The van der Waals surface area contributed by atoms with Crippen LogP contribution in [0.25, 0.3) is 0 Å². The molecule has 0 aliphatic rings. The van der Waals surface area contributed by atoms with Gasteiger partial charge in [-0.1, -0.05) is 117 Å². The maximum atomic E-state index is 12.4. The average molecular weight is 611 g/mol. The molecule has 0 bridgehead atoms. The van der Waals surface area contributed by atoms with Crippen LogP contribution in [0.15, 0.2) is 0 Å². The smallest absolute Gasteiger partial charge is 0.462 e. The molecule has 11 heteroatoms. The van der Waals surface area contributed by atoms with E-state index in [1.807, 2.05) is 0 Å². The molecule has 0 rings (SSSR count). The molecule has 0 saturated carbocycles. The van der Waals surface area contributed by atoms with Crippen LogP contribution in [0.2, 0.25) is 0 Å². The van der Waals surface area contributed by atoms with Gasteiger partial charge in [0.2, 0.25) is 0 Å². The molecule has 0 aliphatic carbocycles. The summed E-state index contributed by atoms with van der Waals surface area (Å²) in [6.45, 7) is 2.30. The molecule has 0 radical (unpaired) electrons. The van der Waals surface area contributed by atoms with Gasteiger partial charge in [0, 0.05) is 12.8 Å². The number of phosphoric acid groups is 1. The summed E-state index contributed by atoms with van der Waals surface area (Å²) in [4.78, 5) is 34.4. The fourth-order valence-corrected chi connectivity index (χ4v) is 5.02. The molecule has 0 spiro atoms. The van der Waals surface area contributed by atoms with E-state index in [-0.39, 0.29) is 19.4 Å². The molecular weight excluding hydrogens is 551 g/mol. The summed E-state index contributed by atoms with van der Waals surface area (Å²) in [5, 5.41) is 18.1. The summed E-state index contributed by atoms with van der Waals surface area (Å²) in [7, 11) is -4.59. The second-order valence-corrected chi connectivity index (χ2v) is 12.3. The standard InChI is InChI=1S/C30H59O10P/c1-3-5-7-9-11-13-14-16-18-20-22-30(34)40-28(26-39-41(35,36)38-24-27(32)23-31)25-37-29(33)21-19-17-15-12-10-8-6-4-2/h27-28,31-32H,3-26H2,1-2H3,(H,35,36)/t27-,28-/m1/s1. The molecule has 244 valence electrons. The molecule has 10 nitrogen and oxygen atoms in total. The van der Waals surface area contributed by atoms with Crippen LogP contribution in [-0.4, -0.2) is 65.7 Å². The van der Waals surface area contributed by atoms with E-state index in [1.165, 1.54) is 64.2 Å². The van der Waals surface area contributed by atoms with Crippen molar-refractivity contribution in [2.24, 2.45) is 0 Å². The quantitative estimate of drug-likeness (QED) is 0.0452. The van der Waals surface area contributed by atoms with Crippen LogP contribution in [0.1, 0.15) is 142 Å². The molecule has 41 heavy (non-hydrogen) atoms. The van der Waals surface area contributed by atoms with Crippen molar-refractivity contribution in [2.45, 2.75) is 154 Å². The number of aliphatic hydroxyl groups excluding tert-OH is 2. The van der Waals surface area contributed by atoms with Crippen molar-refractivity contribution >= 4 is 19.8 Å². The van der Waals surface area contributed by atoms with Gasteiger partial charge in [0.05, 0.1) is 19.8 Å². The van der Waals surface area contributed by atoms with Gasteiger partial charge in [-0.2, -0.15) is 0 Å². The van der Waals surface area contributed by atoms with Gasteiger partial charge in [-0.3, -0.25) is 18.6 Å². The molecule has 0 amide bonds. The number of phosphoric ester groups is 1. The van der Waals surface area contributed by atoms with Gasteiger partial charge in [0.15, 0.2) is 6.10 Å². The van der Waals surface area contributed by atoms with E-state index < -0.39 is 51.8 Å². The van der Waals surface area contributed by atoms with Crippen LogP contribution >= 0.6 is 7.82 Å². The average Bonchev–Trinajstić information content (AvgIpc) is 2.95. The Balaban J connectivity index is 4.46. The fourth-order valence-electron chi connectivity index (χ4n) is 4.23. The van der Waals surface area contributed by atoms with Crippen LogP contribution in [0.4, 0.5) is 0 Å². The maximum absolute atomic E-state index is 12.4. The van der Waals surface area contributed by atoms with Crippen molar-refractivity contribution < 1.29 is 47.8 Å². The van der Waals surface area contributed by atoms with Crippen molar-refractivity contribution in [3.8, 4) is 0 Å². The molecule has 1 unspecified atom stereocenters. The van der Waals surface area contributed by atoms with Crippen molar-refractivity contribution in [3.63, 3.8) is 0 Å². The van der Waals surface area contributed by atoms with Crippen molar-refractivity contribution in [3.05, 3.63) is 0 Å². The SMILES string of the molecule is CCCCCCCCCCCCC(=O)O[C@H](COC(=O)CCCCCCCCCC)COP(=O)(O)OC[C@H](O)CO. The number of carbonyl (C=O) groups is 2. The van der Waals surface area contributed by atoms with Crippen molar-refractivity contribution in [2.75, 3.05) is 26.4 Å². The van der Waals surface area contributed by atoms with Gasteiger partial charge in [0.25, 0.3) is 0 Å². The summed E-state index contributed by atoms with van der Waals surface area (Å²) in [5.41, 5.74) is 0. The Hall–Kier alpha value is -1.03. The van der Waals surface area contributed by atoms with E-state index in [2.05, 4.69) is 18.4 Å². The monoisotopic (exact) mass is 610 g/mol. The highest BCUT2D eigenvalue weighted by atomic mass is 31.2. The first-order valence-corrected chi connectivity index (χ1v) is 17.5. The molecule has 0 heterocycles. The van der Waals surface area contributed by atoms with E-state index >= 15 is 0 Å². The molecule has 0 aromatic carbocycles. The normalized spacial score (nSPS) is 14.4. The number of hydrogen-bond donors (Lipinski definition) is 3. The topological polar surface area (TPSA) is 149 Å². The molecule has 0 saturated heterocycles. The van der Waals surface area contributed by atoms with Crippen LogP contribution in [0.5, 0.6) is 0 Å². The molecular formula is C30H59O10P. The predicted molar refractivity (Wildman–Crippen MR) is 159 cm³/mol. The van der Waals surface area contributed by atoms with Crippen LogP contribution in [0, 0.1) is 0 Å². The van der Waals surface area contributed by atoms with Crippen LogP contribution in [-0.2, 0) is 32.7 Å². The van der Waals surface area contributed by atoms with Crippen LogP contribution < -0.4 is 0 Å². The van der Waals surface area contributed by atoms with Gasteiger partial charge in [0.1, 0.15) is 12.7 Å². The van der Waals surface area contributed by atoms with E-state index in [1.54, 1.807) is 0 Å². The largest absolute Gasteiger partial charge is 0.472 e. The molecule has 0 aliphatic heterocycles. The Bertz CT molecular complexity index is 676. The second-order valence-electron chi connectivity index (χ2n) is 10.8. The van der Waals surface area contributed by atoms with E-state index in [0.29, 0.717) is 12.8 Å². The highest BCUT2D eigenvalue weighted by Crippen LogP contribution is 2.43. The second kappa shape index (κ2) is 27.8. The first kappa shape index (κ1) is 40.0. The third-order valence-electron chi connectivity index (χ3n) is 6.76. The zero-order valence-electron chi connectivity index (χ0n) is 25.8. The zero-order chi connectivity index (χ0) is 30.6. The van der Waals surface area contributed by atoms with Gasteiger partial charge < -0.3 is 24.6 Å². The Morgan fingerprint density at radius 1 is 0.634 bits per heavy atom.